The second-order valence-electron chi connectivity index (χ2n) is 6.86. The number of sulfonamides is 1. The molecule has 1 amide bonds. The maximum atomic E-state index is 13.6. The van der Waals surface area contributed by atoms with Crippen LogP contribution in [0.4, 0.5) is 20.2 Å². The highest BCUT2D eigenvalue weighted by Gasteiger charge is 2.16. The van der Waals surface area contributed by atoms with Crippen LogP contribution in [0.1, 0.15) is 11.1 Å². The Balaban J connectivity index is 1.61. The molecule has 0 fully saturated rings. The van der Waals surface area contributed by atoms with Gasteiger partial charge in [-0.25, -0.2) is 17.2 Å². The molecule has 6 nitrogen and oxygen atoms in total. The third-order valence-electron chi connectivity index (χ3n) is 4.35. The third kappa shape index (κ3) is 5.79. The summed E-state index contributed by atoms with van der Waals surface area (Å²) in [6.07, 6.45) is 0. The zero-order chi connectivity index (χ0) is 22.6. The van der Waals surface area contributed by atoms with Crippen LogP contribution in [0.25, 0.3) is 0 Å². The molecular weight excluding hydrogens is 426 g/mol. The Morgan fingerprint density at radius 3 is 2.32 bits per heavy atom. The Labute approximate surface area is 178 Å². The smallest absolute Gasteiger partial charge is 0.262 e. The first-order chi connectivity index (χ1) is 14.6. The number of halogens is 2. The van der Waals surface area contributed by atoms with Crippen LogP contribution < -0.4 is 14.8 Å². The highest BCUT2D eigenvalue weighted by atomic mass is 32.2. The van der Waals surface area contributed by atoms with E-state index in [1.807, 2.05) is 19.1 Å². The summed E-state index contributed by atoms with van der Waals surface area (Å²) in [4.78, 5) is 11.9. The van der Waals surface area contributed by atoms with E-state index in [0.717, 1.165) is 23.3 Å². The fourth-order valence-electron chi connectivity index (χ4n) is 2.69. The van der Waals surface area contributed by atoms with Gasteiger partial charge in [0, 0.05) is 6.07 Å². The summed E-state index contributed by atoms with van der Waals surface area (Å²) < 4.78 is 59.6. The first kappa shape index (κ1) is 22.2. The quantitative estimate of drug-likeness (QED) is 0.564. The number of nitrogens with one attached hydrogen (secondary N) is 2. The summed E-state index contributed by atoms with van der Waals surface area (Å²) >= 11 is 0. The molecule has 3 rings (SSSR count). The molecule has 31 heavy (non-hydrogen) atoms. The lowest BCUT2D eigenvalue weighted by Crippen LogP contribution is -2.21. The minimum absolute atomic E-state index is 0.0265. The Kier molecular flexibility index (Phi) is 6.55. The summed E-state index contributed by atoms with van der Waals surface area (Å²) in [6, 6.07) is 13.7. The number of hydrogen-bond acceptors (Lipinski definition) is 4. The molecule has 0 atom stereocenters. The van der Waals surface area contributed by atoms with Crippen molar-refractivity contribution in [3.8, 4) is 5.75 Å². The SMILES string of the molecule is Cc1ccc(C)c(NS(=O)(=O)c2ccc(OCC(=O)Nc3ccc(F)cc3F)cc2)c1. The predicted molar refractivity (Wildman–Crippen MR) is 114 cm³/mol. The summed E-state index contributed by atoms with van der Waals surface area (Å²) in [5.41, 5.74) is 2.03. The van der Waals surface area contributed by atoms with E-state index in [1.165, 1.54) is 24.3 Å². The lowest BCUT2D eigenvalue weighted by molar-refractivity contribution is -0.118. The third-order valence-corrected chi connectivity index (χ3v) is 5.73. The largest absolute Gasteiger partial charge is 0.484 e. The van der Waals surface area contributed by atoms with Gasteiger partial charge in [-0.2, -0.15) is 0 Å². The van der Waals surface area contributed by atoms with Gasteiger partial charge in [-0.05, 0) is 67.4 Å². The number of carbonyl (C=O) groups excluding carboxylic acids is 1. The number of aryl methyl sites for hydroxylation is 2. The highest BCUT2D eigenvalue weighted by molar-refractivity contribution is 7.92. The molecule has 0 radical (unpaired) electrons. The fraction of sp³-hybridized carbons (Fsp3) is 0.136. The van der Waals surface area contributed by atoms with E-state index in [2.05, 4.69) is 10.0 Å². The molecule has 3 aromatic rings. The van der Waals surface area contributed by atoms with Crippen LogP contribution in [0, 0.1) is 25.5 Å². The number of amides is 1. The van der Waals surface area contributed by atoms with Gasteiger partial charge in [-0.3, -0.25) is 9.52 Å². The highest BCUT2D eigenvalue weighted by Crippen LogP contribution is 2.22. The molecule has 2 N–H and O–H groups in total. The molecular formula is C22H20F2N2O4S. The lowest BCUT2D eigenvalue weighted by atomic mass is 10.1. The standard InChI is InChI=1S/C22H20F2N2O4S/c1-14-3-4-15(2)21(11-14)26-31(28,29)18-8-6-17(7-9-18)30-13-22(27)25-20-10-5-16(23)12-19(20)24/h3-12,26H,13H2,1-2H3,(H,25,27). The Morgan fingerprint density at radius 1 is 0.935 bits per heavy atom. The normalized spacial score (nSPS) is 11.1. The number of ether oxygens (including phenoxy) is 1. The molecule has 0 saturated heterocycles. The van der Waals surface area contributed by atoms with Crippen molar-refractivity contribution in [2.45, 2.75) is 18.7 Å². The summed E-state index contributed by atoms with van der Waals surface area (Å²) in [7, 11) is -3.81. The number of carbonyl (C=O) groups is 1. The fourth-order valence-corrected chi connectivity index (χ4v) is 3.81. The molecule has 0 bridgehead atoms. The molecule has 162 valence electrons. The number of anilines is 2. The van der Waals surface area contributed by atoms with Crippen LogP contribution in [0.2, 0.25) is 0 Å². The van der Waals surface area contributed by atoms with Gasteiger partial charge in [0.1, 0.15) is 17.4 Å². The molecule has 0 aliphatic carbocycles. The zero-order valence-electron chi connectivity index (χ0n) is 16.8. The molecule has 0 aromatic heterocycles. The zero-order valence-corrected chi connectivity index (χ0v) is 17.6. The average Bonchev–Trinajstić information content (AvgIpc) is 2.71. The molecule has 0 aliphatic heterocycles. The van der Waals surface area contributed by atoms with E-state index in [0.29, 0.717) is 11.8 Å². The van der Waals surface area contributed by atoms with E-state index >= 15 is 0 Å². The van der Waals surface area contributed by atoms with Crippen molar-refractivity contribution in [3.05, 3.63) is 83.4 Å². The van der Waals surface area contributed by atoms with Crippen LogP contribution >= 0.6 is 0 Å². The molecule has 0 spiro atoms. The van der Waals surface area contributed by atoms with Crippen LogP contribution in [0.15, 0.2) is 65.6 Å². The van der Waals surface area contributed by atoms with Gasteiger partial charge < -0.3 is 10.1 Å². The summed E-state index contributed by atoms with van der Waals surface area (Å²) in [5.74, 6) is -2.06. The average molecular weight is 446 g/mol. The molecule has 0 unspecified atom stereocenters. The van der Waals surface area contributed by atoms with Crippen LogP contribution in [-0.4, -0.2) is 20.9 Å². The number of benzene rings is 3. The topological polar surface area (TPSA) is 84.5 Å². The first-order valence-electron chi connectivity index (χ1n) is 9.22. The second-order valence-corrected chi connectivity index (χ2v) is 8.54. The van der Waals surface area contributed by atoms with E-state index in [1.54, 1.807) is 13.0 Å². The Bertz CT molecular complexity index is 1210. The monoisotopic (exact) mass is 446 g/mol. The van der Waals surface area contributed by atoms with Crippen LogP contribution in [0.3, 0.4) is 0 Å². The van der Waals surface area contributed by atoms with E-state index < -0.39 is 34.2 Å². The minimum Gasteiger partial charge on any atom is -0.484 e. The molecule has 3 aromatic carbocycles. The van der Waals surface area contributed by atoms with E-state index in [-0.39, 0.29) is 16.3 Å². The van der Waals surface area contributed by atoms with Crippen molar-refractivity contribution in [2.24, 2.45) is 0 Å². The van der Waals surface area contributed by atoms with Crippen molar-refractivity contribution < 1.29 is 26.7 Å². The molecule has 9 heteroatoms. The van der Waals surface area contributed by atoms with Gasteiger partial charge in [0.2, 0.25) is 0 Å². The van der Waals surface area contributed by atoms with Crippen molar-refractivity contribution >= 4 is 27.3 Å². The molecule has 0 heterocycles. The van der Waals surface area contributed by atoms with Crippen molar-refractivity contribution in [1.29, 1.82) is 0 Å². The van der Waals surface area contributed by atoms with Gasteiger partial charge in [0.25, 0.3) is 15.9 Å². The second kappa shape index (κ2) is 9.13. The predicted octanol–water partition coefficient (Wildman–Crippen LogP) is 4.40. The Morgan fingerprint density at radius 2 is 1.65 bits per heavy atom. The van der Waals surface area contributed by atoms with E-state index in [4.69, 9.17) is 4.74 Å². The van der Waals surface area contributed by atoms with Gasteiger partial charge >= 0.3 is 0 Å². The summed E-state index contributed by atoms with van der Waals surface area (Å²) in [6.45, 7) is 3.23. The molecule has 0 aliphatic rings. The van der Waals surface area contributed by atoms with Gasteiger partial charge in [0.15, 0.2) is 6.61 Å². The number of hydrogen-bond donors (Lipinski definition) is 2. The van der Waals surface area contributed by atoms with Crippen LogP contribution in [-0.2, 0) is 14.8 Å². The van der Waals surface area contributed by atoms with Gasteiger partial charge in [-0.15, -0.1) is 0 Å². The van der Waals surface area contributed by atoms with Gasteiger partial charge in [0.05, 0.1) is 16.3 Å². The lowest BCUT2D eigenvalue weighted by Gasteiger charge is -2.12. The Hall–Kier alpha value is -3.46. The summed E-state index contributed by atoms with van der Waals surface area (Å²) in [5, 5.41) is 2.27. The minimum atomic E-state index is -3.81. The maximum Gasteiger partial charge on any atom is 0.262 e. The maximum absolute atomic E-state index is 13.6. The number of rotatable bonds is 7. The first-order valence-corrected chi connectivity index (χ1v) is 10.7. The molecule has 0 saturated carbocycles. The van der Waals surface area contributed by atoms with Crippen molar-refractivity contribution in [3.63, 3.8) is 0 Å². The van der Waals surface area contributed by atoms with Crippen molar-refractivity contribution in [1.82, 2.24) is 0 Å². The van der Waals surface area contributed by atoms with E-state index in [9.17, 15) is 22.0 Å². The van der Waals surface area contributed by atoms with Crippen molar-refractivity contribution in [2.75, 3.05) is 16.6 Å². The van der Waals surface area contributed by atoms with Crippen LogP contribution in [0.5, 0.6) is 5.75 Å². The van der Waals surface area contributed by atoms with Gasteiger partial charge in [-0.1, -0.05) is 12.1 Å².